The fraction of sp³-hybridized carbons (Fsp3) is 0.167. The number of ether oxygens (including phenoxy) is 1. The van der Waals surface area contributed by atoms with Gasteiger partial charge in [0.25, 0.3) is 5.56 Å². The van der Waals surface area contributed by atoms with Gasteiger partial charge in [-0.3, -0.25) is 14.2 Å². The number of methoxy groups -OCH3 is 1. The van der Waals surface area contributed by atoms with Gasteiger partial charge in [0.1, 0.15) is 10.6 Å². The van der Waals surface area contributed by atoms with Gasteiger partial charge in [-0.1, -0.05) is 30.0 Å². The molecular formula is C18H16N2O3S2. The minimum atomic E-state index is -0.113. The molecule has 7 heteroatoms. The number of para-hydroxylation sites is 1. The normalized spacial score (nSPS) is 10.8. The van der Waals surface area contributed by atoms with E-state index in [0.717, 1.165) is 0 Å². The van der Waals surface area contributed by atoms with Gasteiger partial charge < -0.3 is 4.74 Å². The minimum Gasteiger partial charge on any atom is -0.496 e. The summed E-state index contributed by atoms with van der Waals surface area (Å²) in [6.07, 6.45) is 1.65. The monoisotopic (exact) mass is 372 g/mol. The molecule has 1 aromatic carbocycles. The van der Waals surface area contributed by atoms with E-state index in [1.165, 1.54) is 30.2 Å². The van der Waals surface area contributed by atoms with E-state index >= 15 is 0 Å². The first-order valence-electron chi connectivity index (χ1n) is 7.53. The third kappa shape index (κ3) is 3.52. The third-order valence-corrected chi connectivity index (χ3v) is 5.38. The molecule has 0 aliphatic rings. The van der Waals surface area contributed by atoms with Crippen LogP contribution in [0.4, 0.5) is 0 Å². The Balaban J connectivity index is 1.90. The number of ketones is 1. The second kappa shape index (κ2) is 7.67. The van der Waals surface area contributed by atoms with Crippen LogP contribution < -0.4 is 10.3 Å². The van der Waals surface area contributed by atoms with E-state index in [2.05, 4.69) is 11.6 Å². The van der Waals surface area contributed by atoms with Crippen molar-refractivity contribution in [1.29, 1.82) is 0 Å². The fourth-order valence-electron chi connectivity index (χ4n) is 2.41. The zero-order valence-electron chi connectivity index (χ0n) is 13.6. The number of carbonyl (C=O) groups is 1. The molecule has 0 amide bonds. The average molecular weight is 372 g/mol. The van der Waals surface area contributed by atoms with Crippen molar-refractivity contribution in [2.75, 3.05) is 12.9 Å². The molecule has 128 valence electrons. The largest absolute Gasteiger partial charge is 0.496 e. The van der Waals surface area contributed by atoms with Crippen molar-refractivity contribution in [3.63, 3.8) is 0 Å². The van der Waals surface area contributed by atoms with Crippen LogP contribution in [0.15, 0.2) is 58.3 Å². The quantitative estimate of drug-likeness (QED) is 0.274. The van der Waals surface area contributed by atoms with Crippen molar-refractivity contribution in [2.24, 2.45) is 0 Å². The van der Waals surface area contributed by atoms with Crippen LogP contribution in [0.5, 0.6) is 5.75 Å². The molecule has 25 heavy (non-hydrogen) atoms. The van der Waals surface area contributed by atoms with Crippen LogP contribution >= 0.6 is 23.1 Å². The highest BCUT2D eigenvalue weighted by molar-refractivity contribution is 7.99. The summed E-state index contributed by atoms with van der Waals surface area (Å²) in [6, 6.07) is 8.86. The molecule has 0 spiro atoms. The lowest BCUT2D eigenvalue weighted by Gasteiger charge is -2.10. The van der Waals surface area contributed by atoms with Crippen LogP contribution in [0.3, 0.4) is 0 Å². The molecule has 0 unspecified atom stereocenters. The molecule has 3 rings (SSSR count). The Kier molecular flexibility index (Phi) is 5.35. The smallest absolute Gasteiger partial charge is 0.263 e. The maximum atomic E-state index is 12.6. The molecule has 5 nitrogen and oxygen atoms in total. The number of nitrogens with zero attached hydrogens (tertiary/aromatic N) is 2. The Hall–Kier alpha value is -2.38. The second-order valence-corrected chi connectivity index (χ2v) is 6.99. The number of thioether (sulfide) groups is 1. The molecule has 0 atom stereocenters. The Morgan fingerprint density at radius 1 is 1.40 bits per heavy atom. The number of Topliss-reactive ketones (excluding diaryl/α,β-unsaturated/α-hetero) is 1. The Labute approximate surface area is 153 Å². The summed E-state index contributed by atoms with van der Waals surface area (Å²) in [5, 5.41) is 2.95. The van der Waals surface area contributed by atoms with Gasteiger partial charge in [-0.05, 0) is 23.6 Å². The number of aromatic nitrogens is 2. The number of hydrogen-bond acceptors (Lipinski definition) is 6. The SMILES string of the molecule is C=CCn1c(SCC(=O)c2ccccc2OC)nc2sccc2c1=O. The standard InChI is InChI=1S/C18H16N2O3S2/c1-3-9-20-17(22)13-8-10-24-16(13)19-18(20)25-11-14(21)12-6-4-5-7-15(12)23-2/h3-8,10H,1,9,11H2,2H3. The molecule has 2 heterocycles. The lowest BCUT2D eigenvalue weighted by Crippen LogP contribution is -2.22. The lowest BCUT2D eigenvalue weighted by molar-refractivity contribution is 0.101. The second-order valence-electron chi connectivity index (χ2n) is 5.15. The van der Waals surface area contributed by atoms with Gasteiger partial charge in [0.2, 0.25) is 0 Å². The molecule has 0 radical (unpaired) electrons. The average Bonchev–Trinajstić information content (AvgIpc) is 3.11. The van der Waals surface area contributed by atoms with Gasteiger partial charge >= 0.3 is 0 Å². The van der Waals surface area contributed by atoms with E-state index in [0.29, 0.717) is 33.2 Å². The van der Waals surface area contributed by atoms with Crippen molar-refractivity contribution >= 4 is 39.1 Å². The fourth-order valence-corrected chi connectivity index (χ4v) is 4.11. The first-order chi connectivity index (χ1) is 12.2. The van der Waals surface area contributed by atoms with Crippen molar-refractivity contribution in [2.45, 2.75) is 11.7 Å². The van der Waals surface area contributed by atoms with Gasteiger partial charge in [0.15, 0.2) is 10.9 Å². The molecule has 0 saturated carbocycles. The third-order valence-electron chi connectivity index (χ3n) is 3.60. The maximum Gasteiger partial charge on any atom is 0.263 e. The van der Waals surface area contributed by atoms with Gasteiger partial charge in [-0.15, -0.1) is 17.9 Å². The van der Waals surface area contributed by atoms with E-state index in [-0.39, 0.29) is 17.1 Å². The summed E-state index contributed by atoms with van der Waals surface area (Å²) in [5.41, 5.74) is 0.408. The topological polar surface area (TPSA) is 61.2 Å². The Morgan fingerprint density at radius 2 is 2.20 bits per heavy atom. The summed E-state index contributed by atoms with van der Waals surface area (Å²) >= 11 is 2.66. The Morgan fingerprint density at radius 3 is 2.96 bits per heavy atom. The number of hydrogen-bond donors (Lipinski definition) is 0. The molecule has 0 fully saturated rings. The highest BCUT2D eigenvalue weighted by Gasteiger charge is 2.16. The van der Waals surface area contributed by atoms with Crippen LogP contribution in [-0.2, 0) is 6.54 Å². The van der Waals surface area contributed by atoms with E-state index < -0.39 is 0 Å². The van der Waals surface area contributed by atoms with Crippen molar-refractivity contribution in [3.8, 4) is 5.75 Å². The zero-order valence-corrected chi connectivity index (χ0v) is 15.2. The molecular weight excluding hydrogens is 356 g/mol. The van der Waals surface area contributed by atoms with Crippen LogP contribution in [0.1, 0.15) is 10.4 Å². The van der Waals surface area contributed by atoms with Crippen molar-refractivity contribution in [3.05, 3.63) is 64.3 Å². The molecule has 0 aliphatic heterocycles. The zero-order chi connectivity index (χ0) is 17.8. The van der Waals surface area contributed by atoms with Crippen LogP contribution in [-0.4, -0.2) is 28.2 Å². The Bertz CT molecular complexity index is 991. The van der Waals surface area contributed by atoms with E-state index in [1.807, 2.05) is 11.4 Å². The predicted octanol–water partition coefficient (Wildman–Crippen LogP) is 3.63. The van der Waals surface area contributed by atoms with E-state index in [4.69, 9.17) is 4.74 Å². The van der Waals surface area contributed by atoms with Crippen molar-refractivity contribution < 1.29 is 9.53 Å². The predicted molar refractivity (Wildman–Crippen MR) is 102 cm³/mol. The summed E-state index contributed by atoms with van der Waals surface area (Å²) in [5.74, 6) is 0.632. The van der Waals surface area contributed by atoms with E-state index in [9.17, 15) is 9.59 Å². The number of thiophene rings is 1. The van der Waals surface area contributed by atoms with Crippen LogP contribution in [0.25, 0.3) is 10.2 Å². The summed E-state index contributed by atoms with van der Waals surface area (Å²) in [6.45, 7) is 4.04. The molecule has 0 bridgehead atoms. The molecule has 0 saturated heterocycles. The lowest BCUT2D eigenvalue weighted by atomic mass is 10.1. The van der Waals surface area contributed by atoms with Gasteiger partial charge in [-0.2, -0.15) is 0 Å². The van der Waals surface area contributed by atoms with Gasteiger partial charge in [0, 0.05) is 6.54 Å². The number of carbonyl (C=O) groups excluding carboxylic acids is 1. The first kappa shape index (κ1) is 17.4. The van der Waals surface area contributed by atoms with Crippen LogP contribution in [0.2, 0.25) is 0 Å². The van der Waals surface area contributed by atoms with Gasteiger partial charge in [0.05, 0.1) is 23.8 Å². The summed E-state index contributed by atoms with van der Waals surface area (Å²) in [7, 11) is 1.53. The molecule has 3 aromatic rings. The van der Waals surface area contributed by atoms with E-state index in [1.54, 1.807) is 34.9 Å². The summed E-state index contributed by atoms with van der Waals surface area (Å²) in [4.78, 5) is 30.3. The maximum absolute atomic E-state index is 12.6. The van der Waals surface area contributed by atoms with Crippen molar-refractivity contribution in [1.82, 2.24) is 9.55 Å². The number of fused-ring (bicyclic) bond motifs is 1. The first-order valence-corrected chi connectivity index (χ1v) is 9.40. The van der Waals surface area contributed by atoms with Crippen LogP contribution in [0, 0.1) is 0 Å². The highest BCUT2D eigenvalue weighted by atomic mass is 32.2. The number of rotatable bonds is 7. The highest BCUT2D eigenvalue weighted by Crippen LogP contribution is 2.24. The molecule has 0 N–H and O–H groups in total. The minimum absolute atomic E-state index is 0.0758. The van der Waals surface area contributed by atoms with Gasteiger partial charge in [-0.25, -0.2) is 4.98 Å². The molecule has 2 aromatic heterocycles. The number of benzene rings is 1. The molecule has 0 aliphatic carbocycles. The summed E-state index contributed by atoms with van der Waals surface area (Å²) < 4.78 is 6.78. The number of allylic oxidation sites excluding steroid dienone is 1.